The Morgan fingerprint density at radius 3 is 2.81 bits per heavy atom. The second-order valence-corrected chi connectivity index (χ2v) is 7.30. The first-order chi connectivity index (χ1) is 12.7. The summed E-state index contributed by atoms with van der Waals surface area (Å²) >= 11 is 0. The van der Waals surface area contributed by atoms with Crippen LogP contribution in [0.4, 0.5) is 0 Å². The van der Waals surface area contributed by atoms with Crippen LogP contribution in [0.15, 0.2) is 29.2 Å². The third-order valence-corrected chi connectivity index (χ3v) is 5.54. The molecule has 1 aliphatic carbocycles. The largest absolute Gasteiger partial charge is 0.376 e. The number of hydrogen-bond donors (Lipinski definition) is 0. The van der Waals surface area contributed by atoms with Gasteiger partial charge in [-0.25, -0.2) is 9.48 Å². The van der Waals surface area contributed by atoms with Gasteiger partial charge in [0, 0.05) is 31.8 Å². The molecule has 1 aliphatic heterocycles. The number of nitrogens with zero attached hydrogens (tertiary/aromatic N) is 4. The van der Waals surface area contributed by atoms with Crippen LogP contribution in [0.2, 0.25) is 0 Å². The van der Waals surface area contributed by atoms with Gasteiger partial charge in [-0.15, -0.1) is 5.10 Å². The molecule has 0 aromatic carbocycles. The average Bonchev–Trinajstić information content (AvgIpc) is 3.40. The molecule has 0 radical (unpaired) electrons. The lowest BCUT2D eigenvalue weighted by atomic mass is 10.1. The Kier molecular flexibility index (Phi) is 5.06. The van der Waals surface area contributed by atoms with Crippen molar-refractivity contribution in [3.05, 3.63) is 34.9 Å². The molecule has 4 rings (SSSR count). The standard InChI is InChI=1S/C19H26N4O3/c24-18(10-12-23-19(25)21-11-4-3-9-17(21)20-23)22(15-6-1-2-7-15)14-16-8-5-13-26-16/h3-4,9,11,15-16H,1-2,5-8,10,12-14H2. The number of fused-ring (bicyclic) bond motifs is 1. The highest BCUT2D eigenvalue weighted by Gasteiger charge is 2.30. The fourth-order valence-electron chi connectivity index (χ4n) is 4.14. The Morgan fingerprint density at radius 2 is 2.08 bits per heavy atom. The van der Waals surface area contributed by atoms with Crippen LogP contribution in [-0.4, -0.2) is 50.3 Å². The number of carbonyl (C=O) groups excluding carboxylic acids is 1. The zero-order valence-corrected chi connectivity index (χ0v) is 15.0. The summed E-state index contributed by atoms with van der Waals surface area (Å²) in [6.45, 7) is 1.80. The van der Waals surface area contributed by atoms with Gasteiger partial charge in [0.1, 0.15) is 0 Å². The zero-order chi connectivity index (χ0) is 17.9. The summed E-state index contributed by atoms with van der Waals surface area (Å²) in [6.07, 6.45) is 8.80. The van der Waals surface area contributed by atoms with Crippen molar-refractivity contribution in [1.82, 2.24) is 19.1 Å². The van der Waals surface area contributed by atoms with E-state index in [1.165, 1.54) is 21.9 Å². The number of aromatic nitrogens is 3. The van der Waals surface area contributed by atoms with Crippen molar-refractivity contribution in [1.29, 1.82) is 0 Å². The highest BCUT2D eigenvalue weighted by atomic mass is 16.5. The van der Waals surface area contributed by atoms with Gasteiger partial charge in [0.05, 0.1) is 12.6 Å². The monoisotopic (exact) mass is 358 g/mol. The molecule has 2 aromatic rings. The molecule has 2 fully saturated rings. The molecular formula is C19H26N4O3. The van der Waals surface area contributed by atoms with Crippen LogP contribution in [0.1, 0.15) is 44.9 Å². The lowest BCUT2D eigenvalue weighted by Gasteiger charge is -2.31. The van der Waals surface area contributed by atoms with Crippen LogP contribution in [0.25, 0.3) is 5.65 Å². The van der Waals surface area contributed by atoms with Crippen molar-refractivity contribution in [2.75, 3.05) is 13.2 Å². The van der Waals surface area contributed by atoms with Crippen LogP contribution in [0, 0.1) is 0 Å². The third kappa shape index (κ3) is 3.53. The van der Waals surface area contributed by atoms with E-state index in [9.17, 15) is 9.59 Å². The number of hydrogen-bond acceptors (Lipinski definition) is 4. The van der Waals surface area contributed by atoms with Crippen LogP contribution in [-0.2, 0) is 16.1 Å². The number of carbonyl (C=O) groups is 1. The first kappa shape index (κ1) is 17.3. The van der Waals surface area contributed by atoms with E-state index in [1.807, 2.05) is 11.0 Å². The number of amides is 1. The average molecular weight is 358 g/mol. The lowest BCUT2D eigenvalue weighted by molar-refractivity contribution is -0.135. The fourth-order valence-corrected chi connectivity index (χ4v) is 4.14. The molecule has 1 saturated carbocycles. The minimum atomic E-state index is -0.194. The van der Waals surface area contributed by atoms with E-state index in [0.29, 0.717) is 31.2 Å². The zero-order valence-electron chi connectivity index (χ0n) is 15.0. The second-order valence-electron chi connectivity index (χ2n) is 7.30. The van der Waals surface area contributed by atoms with E-state index in [2.05, 4.69) is 5.10 Å². The molecule has 2 aromatic heterocycles. The van der Waals surface area contributed by atoms with Crippen molar-refractivity contribution in [3.63, 3.8) is 0 Å². The maximum Gasteiger partial charge on any atom is 0.350 e. The SMILES string of the molecule is O=C(CCn1nc2ccccn2c1=O)N(CC1CCCO1)C1CCCC1. The molecular weight excluding hydrogens is 332 g/mol. The normalized spacial score (nSPS) is 20.8. The predicted octanol–water partition coefficient (Wildman–Crippen LogP) is 1.84. The molecule has 140 valence electrons. The van der Waals surface area contributed by atoms with Gasteiger partial charge in [-0.2, -0.15) is 0 Å². The van der Waals surface area contributed by atoms with E-state index < -0.39 is 0 Å². The highest BCUT2D eigenvalue weighted by molar-refractivity contribution is 5.76. The fraction of sp³-hybridized carbons (Fsp3) is 0.632. The van der Waals surface area contributed by atoms with Gasteiger partial charge < -0.3 is 9.64 Å². The van der Waals surface area contributed by atoms with Crippen molar-refractivity contribution >= 4 is 11.6 Å². The molecule has 2 aliphatic rings. The van der Waals surface area contributed by atoms with Crippen LogP contribution >= 0.6 is 0 Å². The minimum absolute atomic E-state index is 0.108. The van der Waals surface area contributed by atoms with Crippen molar-refractivity contribution in [2.24, 2.45) is 0 Å². The Bertz CT molecular complexity index is 816. The molecule has 1 unspecified atom stereocenters. The summed E-state index contributed by atoms with van der Waals surface area (Å²) in [4.78, 5) is 27.3. The Labute approximate surface area is 152 Å². The van der Waals surface area contributed by atoms with E-state index in [1.54, 1.807) is 18.3 Å². The molecule has 1 atom stereocenters. The molecule has 3 heterocycles. The molecule has 1 saturated heterocycles. The summed E-state index contributed by atoms with van der Waals surface area (Å²) in [5.74, 6) is 0.108. The van der Waals surface area contributed by atoms with Gasteiger partial charge in [-0.1, -0.05) is 18.9 Å². The molecule has 1 amide bonds. The van der Waals surface area contributed by atoms with Gasteiger partial charge >= 0.3 is 5.69 Å². The number of pyridine rings is 1. The maximum atomic E-state index is 12.9. The topological polar surface area (TPSA) is 68.8 Å². The van der Waals surface area contributed by atoms with Gasteiger partial charge in [-0.05, 0) is 37.8 Å². The third-order valence-electron chi connectivity index (χ3n) is 5.54. The Balaban J connectivity index is 1.44. The lowest BCUT2D eigenvalue weighted by Crippen LogP contribution is -2.44. The predicted molar refractivity (Wildman–Crippen MR) is 97.0 cm³/mol. The second kappa shape index (κ2) is 7.61. The maximum absolute atomic E-state index is 12.9. The molecule has 0 bridgehead atoms. The van der Waals surface area contributed by atoms with E-state index in [4.69, 9.17) is 4.74 Å². The quantitative estimate of drug-likeness (QED) is 0.790. The first-order valence-electron chi connectivity index (χ1n) is 9.67. The molecule has 0 spiro atoms. The Hall–Kier alpha value is -2.15. The smallest absolute Gasteiger partial charge is 0.350 e. The molecule has 7 nitrogen and oxygen atoms in total. The summed E-state index contributed by atoms with van der Waals surface area (Å²) in [6, 6.07) is 5.77. The Morgan fingerprint density at radius 1 is 1.23 bits per heavy atom. The van der Waals surface area contributed by atoms with Gasteiger partial charge in [0.15, 0.2) is 5.65 Å². The van der Waals surface area contributed by atoms with Crippen LogP contribution in [0.3, 0.4) is 0 Å². The van der Waals surface area contributed by atoms with Gasteiger partial charge in [0.25, 0.3) is 0 Å². The first-order valence-corrected chi connectivity index (χ1v) is 9.67. The van der Waals surface area contributed by atoms with E-state index in [-0.39, 0.29) is 17.7 Å². The number of aryl methyl sites for hydroxylation is 1. The molecule has 7 heteroatoms. The number of rotatable bonds is 6. The van der Waals surface area contributed by atoms with E-state index >= 15 is 0 Å². The summed E-state index contributed by atoms with van der Waals surface area (Å²) < 4.78 is 8.65. The van der Waals surface area contributed by atoms with Crippen molar-refractivity contribution in [3.8, 4) is 0 Å². The summed E-state index contributed by atoms with van der Waals surface area (Å²) in [7, 11) is 0. The van der Waals surface area contributed by atoms with Gasteiger partial charge in [-0.3, -0.25) is 9.20 Å². The highest BCUT2D eigenvalue weighted by Crippen LogP contribution is 2.26. The molecule has 0 N–H and O–H groups in total. The number of ether oxygens (including phenoxy) is 1. The van der Waals surface area contributed by atoms with E-state index in [0.717, 1.165) is 32.3 Å². The minimum Gasteiger partial charge on any atom is -0.376 e. The van der Waals surface area contributed by atoms with Crippen molar-refractivity contribution < 1.29 is 9.53 Å². The summed E-state index contributed by atoms with van der Waals surface area (Å²) in [5, 5.41) is 4.32. The van der Waals surface area contributed by atoms with Crippen molar-refractivity contribution in [2.45, 2.75) is 63.6 Å². The summed E-state index contributed by atoms with van der Waals surface area (Å²) in [5.41, 5.74) is 0.414. The van der Waals surface area contributed by atoms with Gasteiger partial charge in [0.2, 0.25) is 5.91 Å². The van der Waals surface area contributed by atoms with Crippen LogP contribution in [0.5, 0.6) is 0 Å². The molecule has 26 heavy (non-hydrogen) atoms. The van der Waals surface area contributed by atoms with Crippen LogP contribution < -0.4 is 5.69 Å².